The topological polar surface area (TPSA) is 88.3 Å². The Morgan fingerprint density at radius 2 is 1.74 bits per heavy atom. The molecule has 1 fully saturated rings. The normalized spacial score (nSPS) is 23.4. The van der Waals surface area contributed by atoms with Gasteiger partial charge in [0.1, 0.15) is 0 Å². The summed E-state index contributed by atoms with van der Waals surface area (Å²) < 4.78 is 0. The first-order valence-electron chi connectivity index (χ1n) is 12.3. The van der Waals surface area contributed by atoms with Crippen molar-refractivity contribution in [2.45, 2.75) is 51.4 Å². The molecular weight excluding hydrogens is 436 g/mol. The Bertz CT molecular complexity index is 1250. The Morgan fingerprint density at radius 3 is 2.40 bits per heavy atom. The van der Waals surface area contributed by atoms with Gasteiger partial charge in [-0.05, 0) is 65.8 Å². The van der Waals surface area contributed by atoms with Gasteiger partial charge < -0.3 is 11.1 Å². The fourth-order valence-electron chi connectivity index (χ4n) is 5.57. The van der Waals surface area contributed by atoms with E-state index in [0.29, 0.717) is 18.7 Å². The molecule has 2 aliphatic rings. The van der Waals surface area contributed by atoms with Crippen LogP contribution in [0.4, 0.5) is 16.2 Å². The third kappa shape index (κ3) is 4.53. The molecule has 6 nitrogen and oxygen atoms in total. The first-order chi connectivity index (χ1) is 16.8. The van der Waals surface area contributed by atoms with Crippen LogP contribution in [0.2, 0.25) is 0 Å². The van der Waals surface area contributed by atoms with Crippen LogP contribution in [0.25, 0.3) is 11.3 Å². The number of anilines is 2. The van der Waals surface area contributed by atoms with Gasteiger partial charge in [0.15, 0.2) is 0 Å². The minimum absolute atomic E-state index is 0.00642. The van der Waals surface area contributed by atoms with Crippen molar-refractivity contribution in [2.75, 3.05) is 16.8 Å². The molecule has 1 aromatic heterocycles. The SMILES string of the molecule is C[C@]1(CN(C(N)=O)c2ccc(-c3cccc4c3CC(=O)N4)nc2)CC[C@@](C)(c2ccccc2)CC1. The minimum atomic E-state index is -0.465. The Hall–Kier alpha value is -3.67. The molecule has 1 aliphatic heterocycles. The minimum Gasteiger partial charge on any atom is -0.351 e. The molecule has 1 saturated carbocycles. The third-order valence-electron chi connectivity index (χ3n) is 7.96. The first kappa shape index (κ1) is 23.1. The van der Waals surface area contributed by atoms with Gasteiger partial charge in [0.25, 0.3) is 0 Å². The van der Waals surface area contributed by atoms with Crippen molar-refractivity contribution in [1.29, 1.82) is 0 Å². The van der Waals surface area contributed by atoms with Gasteiger partial charge in [0.05, 0.1) is 24.0 Å². The van der Waals surface area contributed by atoms with Gasteiger partial charge in [0.2, 0.25) is 5.91 Å². The fourth-order valence-corrected chi connectivity index (χ4v) is 5.57. The van der Waals surface area contributed by atoms with Crippen molar-refractivity contribution in [2.24, 2.45) is 11.1 Å². The van der Waals surface area contributed by atoms with Crippen LogP contribution in [-0.4, -0.2) is 23.5 Å². The van der Waals surface area contributed by atoms with Gasteiger partial charge in [-0.2, -0.15) is 0 Å². The lowest BCUT2D eigenvalue weighted by atomic mass is 9.62. The molecular formula is C29H32N4O2. The van der Waals surface area contributed by atoms with Crippen LogP contribution in [-0.2, 0) is 16.6 Å². The summed E-state index contributed by atoms with van der Waals surface area (Å²) in [6.07, 6.45) is 6.24. The second-order valence-electron chi connectivity index (χ2n) is 10.6. The summed E-state index contributed by atoms with van der Waals surface area (Å²) in [5, 5.41) is 2.88. The zero-order valence-electron chi connectivity index (χ0n) is 20.4. The maximum atomic E-state index is 12.5. The van der Waals surface area contributed by atoms with Gasteiger partial charge in [-0.15, -0.1) is 0 Å². The van der Waals surface area contributed by atoms with Crippen LogP contribution >= 0.6 is 0 Å². The summed E-state index contributed by atoms with van der Waals surface area (Å²) in [5.41, 5.74) is 11.6. The maximum absolute atomic E-state index is 12.5. The summed E-state index contributed by atoms with van der Waals surface area (Å²) in [4.78, 5) is 30.6. The molecule has 35 heavy (non-hydrogen) atoms. The van der Waals surface area contributed by atoms with E-state index in [1.54, 1.807) is 11.1 Å². The lowest BCUT2D eigenvalue weighted by Gasteiger charge is -2.45. The summed E-state index contributed by atoms with van der Waals surface area (Å²) in [6, 6.07) is 19.8. The molecule has 0 radical (unpaired) electrons. The van der Waals surface area contributed by atoms with E-state index in [1.807, 2.05) is 30.3 Å². The van der Waals surface area contributed by atoms with Crippen molar-refractivity contribution < 1.29 is 9.59 Å². The molecule has 0 saturated heterocycles. The average Bonchev–Trinajstić information content (AvgIpc) is 3.26. The van der Waals surface area contributed by atoms with E-state index >= 15 is 0 Å². The number of hydrogen-bond acceptors (Lipinski definition) is 3. The predicted octanol–water partition coefficient (Wildman–Crippen LogP) is 5.67. The number of aromatic nitrogens is 1. The molecule has 0 atom stereocenters. The Kier molecular flexibility index (Phi) is 5.83. The Labute approximate surface area is 206 Å². The first-order valence-corrected chi connectivity index (χ1v) is 12.3. The number of nitrogens with zero attached hydrogens (tertiary/aromatic N) is 2. The molecule has 2 aromatic carbocycles. The highest BCUT2D eigenvalue weighted by Gasteiger charge is 2.40. The molecule has 3 amide bonds. The van der Waals surface area contributed by atoms with Crippen molar-refractivity contribution in [1.82, 2.24) is 4.98 Å². The van der Waals surface area contributed by atoms with Gasteiger partial charge in [-0.3, -0.25) is 14.7 Å². The van der Waals surface area contributed by atoms with Crippen LogP contribution in [0.15, 0.2) is 66.9 Å². The van der Waals surface area contributed by atoms with E-state index < -0.39 is 6.03 Å². The standard InChI is InChI=1S/C29H32N4O2/c1-28(13-15-29(2,16-14-28)20-7-4-3-5-8-20)19-33(27(30)35)21-11-12-24(31-18-21)22-9-6-10-25-23(22)17-26(34)32-25/h3-12,18H,13-17,19H2,1-2H3,(H2,30,35)(H,32,34)/t28-,29+. The quantitative estimate of drug-likeness (QED) is 0.506. The lowest BCUT2D eigenvalue weighted by molar-refractivity contribution is -0.115. The predicted molar refractivity (Wildman–Crippen MR) is 139 cm³/mol. The van der Waals surface area contributed by atoms with Crippen molar-refractivity contribution in [3.8, 4) is 11.3 Å². The number of amides is 3. The molecule has 6 heteroatoms. The molecule has 0 unspecified atom stereocenters. The highest BCUT2D eigenvalue weighted by Crippen LogP contribution is 2.47. The molecule has 1 aliphatic carbocycles. The number of fused-ring (bicyclic) bond motifs is 1. The number of urea groups is 1. The van der Waals surface area contributed by atoms with Gasteiger partial charge in [-0.1, -0.05) is 56.3 Å². The number of carbonyl (C=O) groups is 2. The Balaban J connectivity index is 1.33. The molecule has 2 heterocycles. The number of nitrogens with one attached hydrogen (secondary N) is 1. The van der Waals surface area contributed by atoms with Crippen LogP contribution in [0.5, 0.6) is 0 Å². The lowest BCUT2D eigenvalue weighted by Crippen LogP contribution is -2.46. The highest BCUT2D eigenvalue weighted by molar-refractivity contribution is 6.01. The number of benzene rings is 2. The summed E-state index contributed by atoms with van der Waals surface area (Å²) >= 11 is 0. The number of primary amides is 1. The summed E-state index contributed by atoms with van der Waals surface area (Å²) in [5.74, 6) is -0.00642. The van der Waals surface area contributed by atoms with Crippen LogP contribution in [0, 0.1) is 5.41 Å². The highest BCUT2D eigenvalue weighted by atomic mass is 16.2. The van der Waals surface area contributed by atoms with Crippen molar-refractivity contribution in [3.05, 3.63) is 78.0 Å². The van der Waals surface area contributed by atoms with Gasteiger partial charge in [-0.25, -0.2) is 4.79 Å². The van der Waals surface area contributed by atoms with Gasteiger partial charge in [0, 0.05) is 17.8 Å². The number of pyridine rings is 1. The second kappa shape index (κ2) is 8.84. The van der Waals surface area contributed by atoms with Gasteiger partial charge >= 0.3 is 6.03 Å². The van der Waals surface area contributed by atoms with Crippen LogP contribution in [0.3, 0.4) is 0 Å². The summed E-state index contributed by atoms with van der Waals surface area (Å²) in [7, 11) is 0. The van der Waals surface area contributed by atoms with E-state index in [9.17, 15) is 9.59 Å². The zero-order valence-corrected chi connectivity index (χ0v) is 20.4. The van der Waals surface area contributed by atoms with E-state index in [4.69, 9.17) is 5.73 Å². The molecule has 0 bridgehead atoms. The fraction of sp³-hybridized carbons (Fsp3) is 0.345. The molecule has 180 valence electrons. The second-order valence-corrected chi connectivity index (χ2v) is 10.6. The summed E-state index contributed by atoms with van der Waals surface area (Å²) in [6.45, 7) is 5.17. The van der Waals surface area contributed by atoms with E-state index in [-0.39, 0.29) is 16.7 Å². The number of nitrogens with two attached hydrogens (primary N) is 1. The zero-order chi connectivity index (χ0) is 24.6. The average molecular weight is 469 g/mol. The van der Waals surface area contributed by atoms with E-state index in [2.05, 4.69) is 54.5 Å². The smallest absolute Gasteiger partial charge is 0.319 e. The molecule has 5 rings (SSSR count). The van der Waals surface area contributed by atoms with Crippen LogP contribution < -0.4 is 16.0 Å². The van der Waals surface area contributed by atoms with Crippen LogP contribution in [0.1, 0.15) is 50.7 Å². The van der Waals surface area contributed by atoms with Crippen molar-refractivity contribution in [3.63, 3.8) is 0 Å². The molecule has 3 aromatic rings. The molecule has 0 spiro atoms. The third-order valence-corrected chi connectivity index (χ3v) is 7.96. The van der Waals surface area contributed by atoms with E-state index in [1.165, 1.54) is 5.56 Å². The number of hydrogen-bond donors (Lipinski definition) is 2. The number of carbonyl (C=O) groups excluding carboxylic acids is 2. The van der Waals surface area contributed by atoms with E-state index in [0.717, 1.165) is 48.2 Å². The molecule has 3 N–H and O–H groups in total. The largest absolute Gasteiger partial charge is 0.351 e. The van der Waals surface area contributed by atoms with Crippen molar-refractivity contribution >= 4 is 23.3 Å². The number of rotatable bonds is 5. The maximum Gasteiger partial charge on any atom is 0.319 e. The Morgan fingerprint density at radius 1 is 1.00 bits per heavy atom. The monoisotopic (exact) mass is 468 g/mol.